The highest BCUT2D eigenvalue weighted by molar-refractivity contribution is 5.94. The molecule has 138 valence electrons. The van der Waals surface area contributed by atoms with Gasteiger partial charge in [-0.25, -0.2) is 9.78 Å². The van der Waals surface area contributed by atoms with Crippen LogP contribution in [0.2, 0.25) is 0 Å². The average molecular weight is 348 g/mol. The number of hydrogen-bond donors (Lipinski definition) is 1. The van der Waals surface area contributed by atoms with Crippen LogP contribution < -0.4 is 10.6 Å². The molecule has 0 unspecified atom stereocenters. The number of primary amides is 1. The number of nitrogens with two attached hydrogens (primary N) is 1. The van der Waals surface area contributed by atoms with E-state index in [0.29, 0.717) is 24.6 Å². The maximum absolute atomic E-state index is 12.6. The maximum atomic E-state index is 12.6. The van der Waals surface area contributed by atoms with Crippen molar-refractivity contribution in [3.05, 3.63) is 23.9 Å². The first kappa shape index (κ1) is 19.0. The lowest BCUT2D eigenvalue weighted by molar-refractivity contribution is 0.0174. The van der Waals surface area contributed by atoms with Gasteiger partial charge in [-0.05, 0) is 51.2 Å². The summed E-state index contributed by atoms with van der Waals surface area (Å²) < 4.78 is 5.16. The van der Waals surface area contributed by atoms with Crippen molar-refractivity contribution in [2.45, 2.75) is 38.7 Å². The van der Waals surface area contributed by atoms with Gasteiger partial charge in [0.1, 0.15) is 11.4 Å². The molecule has 0 aliphatic carbocycles. The summed E-state index contributed by atoms with van der Waals surface area (Å²) in [6.45, 7) is 5.14. The number of rotatable bonds is 5. The molecule has 25 heavy (non-hydrogen) atoms. The molecular weight excluding hydrogens is 320 g/mol. The number of ether oxygens (including phenoxy) is 1. The largest absolute Gasteiger partial charge is 0.444 e. The molecule has 2 N–H and O–H groups in total. The minimum absolute atomic E-state index is 0.0175. The first-order valence-corrected chi connectivity index (χ1v) is 8.59. The SMILES string of the molecule is CN(C)c1ccc(C(=O)N2CCC(CC(C)(C)OC(N)=O)CC2)cn1. The number of piperidine rings is 1. The summed E-state index contributed by atoms with van der Waals surface area (Å²) in [6, 6.07) is 3.67. The summed E-state index contributed by atoms with van der Waals surface area (Å²) >= 11 is 0. The lowest BCUT2D eigenvalue weighted by atomic mass is 9.86. The van der Waals surface area contributed by atoms with Crippen molar-refractivity contribution < 1.29 is 14.3 Å². The summed E-state index contributed by atoms with van der Waals surface area (Å²) in [4.78, 5) is 31.6. The normalized spacial score (nSPS) is 15.8. The van der Waals surface area contributed by atoms with Gasteiger partial charge < -0.3 is 20.3 Å². The molecule has 2 amide bonds. The van der Waals surface area contributed by atoms with Crippen molar-refractivity contribution in [3.8, 4) is 0 Å². The van der Waals surface area contributed by atoms with Crippen LogP contribution in [0, 0.1) is 5.92 Å². The molecule has 0 radical (unpaired) electrons. The predicted octanol–water partition coefficient (Wildman–Crippen LogP) is 2.26. The summed E-state index contributed by atoms with van der Waals surface area (Å²) in [6.07, 6.45) is 3.41. The zero-order valence-electron chi connectivity index (χ0n) is 15.5. The summed E-state index contributed by atoms with van der Waals surface area (Å²) in [5.74, 6) is 1.25. The zero-order chi connectivity index (χ0) is 18.6. The number of carbonyl (C=O) groups excluding carboxylic acids is 2. The van der Waals surface area contributed by atoms with Gasteiger partial charge >= 0.3 is 6.09 Å². The molecule has 1 aromatic rings. The van der Waals surface area contributed by atoms with E-state index in [1.165, 1.54) is 0 Å². The fourth-order valence-electron chi connectivity index (χ4n) is 3.31. The third-order valence-corrected chi connectivity index (χ3v) is 4.51. The molecule has 7 nitrogen and oxygen atoms in total. The lowest BCUT2D eigenvalue weighted by Gasteiger charge is -2.35. The first-order valence-electron chi connectivity index (χ1n) is 8.59. The Hall–Kier alpha value is -2.31. The molecule has 1 aromatic heterocycles. The molecule has 7 heteroatoms. The van der Waals surface area contributed by atoms with Gasteiger partial charge in [-0.3, -0.25) is 4.79 Å². The van der Waals surface area contributed by atoms with Crippen molar-refractivity contribution in [2.24, 2.45) is 11.7 Å². The number of nitrogens with zero attached hydrogens (tertiary/aromatic N) is 3. The minimum atomic E-state index is -0.744. The van der Waals surface area contributed by atoms with Crippen molar-refractivity contribution in [2.75, 3.05) is 32.1 Å². The Morgan fingerprint density at radius 3 is 2.44 bits per heavy atom. The second-order valence-corrected chi connectivity index (χ2v) is 7.42. The van der Waals surface area contributed by atoms with Crippen LogP contribution in [0.3, 0.4) is 0 Å². The number of pyridine rings is 1. The Morgan fingerprint density at radius 2 is 1.96 bits per heavy atom. The summed E-state index contributed by atoms with van der Waals surface area (Å²) in [7, 11) is 3.83. The van der Waals surface area contributed by atoms with Gasteiger partial charge in [0.05, 0.1) is 5.56 Å². The molecule has 2 rings (SSSR count). The molecule has 1 fully saturated rings. The van der Waals surface area contributed by atoms with Crippen LogP contribution in [0.1, 0.15) is 43.5 Å². The third-order valence-electron chi connectivity index (χ3n) is 4.51. The van der Waals surface area contributed by atoms with Gasteiger partial charge in [0.2, 0.25) is 0 Å². The molecule has 1 saturated heterocycles. The fourth-order valence-corrected chi connectivity index (χ4v) is 3.31. The third kappa shape index (κ3) is 5.34. The standard InChI is InChI=1S/C18H28N4O3/c1-18(2,25-17(19)24)11-13-7-9-22(10-8-13)16(23)14-5-6-15(20-12-14)21(3)4/h5-6,12-13H,7-11H2,1-4H3,(H2,19,24). The highest BCUT2D eigenvalue weighted by atomic mass is 16.6. The highest BCUT2D eigenvalue weighted by Crippen LogP contribution is 2.29. The van der Waals surface area contributed by atoms with E-state index < -0.39 is 11.7 Å². The van der Waals surface area contributed by atoms with Crippen LogP contribution in [0.5, 0.6) is 0 Å². The van der Waals surface area contributed by atoms with Crippen LogP contribution in [0.25, 0.3) is 0 Å². The predicted molar refractivity (Wildman–Crippen MR) is 96.6 cm³/mol. The second-order valence-electron chi connectivity index (χ2n) is 7.42. The van der Waals surface area contributed by atoms with E-state index in [1.807, 2.05) is 49.9 Å². The topological polar surface area (TPSA) is 88.8 Å². The van der Waals surface area contributed by atoms with Crippen LogP contribution in [0.15, 0.2) is 18.3 Å². The van der Waals surface area contributed by atoms with E-state index in [9.17, 15) is 9.59 Å². The fraction of sp³-hybridized carbons (Fsp3) is 0.611. The van der Waals surface area contributed by atoms with Crippen molar-refractivity contribution in [1.29, 1.82) is 0 Å². The quantitative estimate of drug-likeness (QED) is 0.882. The van der Waals surface area contributed by atoms with E-state index in [4.69, 9.17) is 10.5 Å². The van der Waals surface area contributed by atoms with Gasteiger partial charge in [0.25, 0.3) is 5.91 Å². The van der Waals surface area contributed by atoms with Crippen molar-refractivity contribution in [3.63, 3.8) is 0 Å². The number of carbonyl (C=O) groups is 2. The summed E-state index contributed by atoms with van der Waals surface area (Å²) in [5, 5.41) is 0. The van der Waals surface area contributed by atoms with Gasteiger partial charge in [0.15, 0.2) is 0 Å². The number of likely N-dealkylation sites (tertiary alicyclic amines) is 1. The van der Waals surface area contributed by atoms with Gasteiger partial charge in [-0.2, -0.15) is 0 Å². The van der Waals surface area contributed by atoms with Crippen LogP contribution in [0.4, 0.5) is 10.6 Å². The Labute approximate surface area is 149 Å². The molecule has 0 bridgehead atoms. The smallest absolute Gasteiger partial charge is 0.405 e. The molecular formula is C18H28N4O3. The minimum Gasteiger partial charge on any atom is -0.444 e. The highest BCUT2D eigenvalue weighted by Gasteiger charge is 2.30. The van der Waals surface area contributed by atoms with E-state index in [0.717, 1.165) is 25.1 Å². The Bertz CT molecular complexity index is 605. The number of amides is 2. The van der Waals surface area contributed by atoms with Crippen molar-refractivity contribution >= 4 is 17.8 Å². The van der Waals surface area contributed by atoms with Gasteiger partial charge in [0, 0.05) is 33.4 Å². The zero-order valence-corrected chi connectivity index (χ0v) is 15.5. The van der Waals surface area contributed by atoms with E-state index in [1.54, 1.807) is 6.20 Å². The number of hydrogen-bond acceptors (Lipinski definition) is 5. The molecule has 0 spiro atoms. The molecule has 0 aromatic carbocycles. The average Bonchev–Trinajstić information content (AvgIpc) is 2.53. The van der Waals surface area contributed by atoms with E-state index >= 15 is 0 Å². The molecule has 0 saturated carbocycles. The van der Waals surface area contributed by atoms with Crippen molar-refractivity contribution in [1.82, 2.24) is 9.88 Å². The lowest BCUT2D eigenvalue weighted by Crippen LogP contribution is -2.41. The van der Waals surface area contributed by atoms with Crippen LogP contribution in [-0.4, -0.2) is 54.7 Å². The Balaban J connectivity index is 1.89. The Kier molecular flexibility index (Phi) is 5.87. The molecule has 2 heterocycles. The molecule has 1 aliphatic rings. The second kappa shape index (κ2) is 7.72. The summed E-state index contributed by atoms with van der Waals surface area (Å²) in [5.41, 5.74) is 5.15. The monoisotopic (exact) mass is 348 g/mol. The number of aromatic nitrogens is 1. The van der Waals surface area contributed by atoms with Crippen LogP contribution in [-0.2, 0) is 4.74 Å². The number of anilines is 1. The molecule has 0 atom stereocenters. The van der Waals surface area contributed by atoms with Gasteiger partial charge in [-0.1, -0.05) is 0 Å². The van der Waals surface area contributed by atoms with E-state index in [-0.39, 0.29) is 5.91 Å². The van der Waals surface area contributed by atoms with Crippen LogP contribution >= 0.6 is 0 Å². The first-order chi connectivity index (χ1) is 11.7. The van der Waals surface area contributed by atoms with Gasteiger partial charge in [-0.15, -0.1) is 0 Å². The van der Waals surface area contributed by atoms with E-state index in [2.05, 4.69) is 4.98 Å². The Morgan fingerprint density at radius 1 is 1.32 bits per heavy atom. The molecule has 1 aliphatic heterocycles. The maximum Gasteiger partial charge on any atom is 0.405 e.